The third kappa shape index (κ3) is 3.10. The Kier molecular flexibility index (Phi) is 4.74. The summed E-state index contributed by atoms with van der Waals surface area (Å²) in [6, 6.07) is 0. The molecule has 0 aromatic rings. The van der Waals surface area contributed by atoms with Crippen LogP contribution in [0.2, 0.25) is 0 Å². The lowest BCUT2D eigenvalue weighted by Crippen LogP contribution is -2.47. The van der Waals surface area contributed by atoms with E-state index in [1.807, 2.05) is 4.90 Å². The van der Waals surface area contributed by atoms with Gasteiger partial charge in [-0.2, -0.15) is 0 Å². The minimum absolute atomic E-state index is 0.0151. The highest BCUT2D eigenvalue weighted by Crippen LogP contribution is 2.28. The third-order valence-electron chi connectivity index (χ3n) is 3.72. The summed E-state index contributed by atoms with van der Waals surface area (Å²) in [5.74, 6) is 1.61. The standard InChI is InChI=1S/C12H21N3O2S/c13-11(14-17)9-4-3-6-15(8-9)12(16)10-5-1-2-7-18-10/h9-10,17H,1-8H2,(H2,13,14). The van der Waals surface area contributed by atoms with E-state index in [1.54, 1.807) is 11.8 Å². The molecule has 3 N–H and O–H groups in total. The number of thioether (sulfide) groups is 1. The number of carbonyl (C=O) groups is 1. The van der Waals surface area contributed by atoms with Gasteiger partial charge in [0.25, 0.3) is 0 Å². The Bertz CT molecular complexity index is 329. The van der Waals surface area contributed by atoms with Crippen LogP contribution in [0.15, 0.2) is 5.16 Å². The molecule has 0 radical (unpaired) electrons. The zero-order chi connectivity index (χ0) is 13.0. The molecule has 6 heteroatoms. The first kappa shape index (κ1) is 13.5. The van der Waals surface area contributed by atoms with Crippen molar-refractivity contribution in [3.63, 3.8) is 0 Å². The normalized spacial score (nSPS) is 30.2. The van der Waals surface area contributed by atoms with Gasteiger partial charge in [-0.15, -0.1) is 11.8 Å². The second kappa shape index (κ2) is 6.31. The van der Waals surface area contributed by atoms with E-state index < -0.39 is 0 Å². The van der Waals surface area contributed by atoms with Gasteiger partial charge in [0.1, 0.15) is 5.84 Å². The van der Waals surface area contributed by atoms with E-state index in [9.17, 15) is 4.79 Å². The molecule has 2 saturated heterocycles. The number of rotatable bonds is 2. The SMILES string of the molecule is NC(=NO)C1CCCN(C(=O)C2CCCCS2)C1. The van der Waals surface area contributed by atoms with Crippen molar-refractivity contribution in [3.8, 4) is 0 Å². The highest BCUT2D eigenvalue weighted by molar-refractivity contribution is 8.00. The van der Waals surface area contributed by atoms with E-state index in [4.69, 9.17) is 10.9 Å². The zero-order valence-corrected chi connectivity index (χ0v) is 11.4. The van der Waals surface area contributed by atoms with Crippen LogP contribution in [-0.2, 0) is 4.79 Å². The molecule has 2 aliphatic rings. The third-order valence-corrected chi connectivity index (χ3v) is 5.09. The van der Waals surface area contributed by atoms with E-state index in [0.29, 0.717) is 6.54 Å². The molecule has 1 amide bonds. The molecule has 0 aliphatic carbocycles. The predicted molar refractivity (Wildman–Crippen MR) is 72.8 cm³/mol. The summed E-state index contributed by atoms with van der Waals surface area (Å²) < 4.78 is 0. The Morgan fingerprint density at radius 2 is 2.17 bits per heavy atom. The van der Waals surface area contributed by atoms with E-state index >= 15 is 0 Å². The molecule has 2 atom stereocenters. The average Bonchev–Trinajstić information content (AvgIpc) is 2.46. The van der Waals surface area contributed by atoms with Gasteiger partial charge in [0.05, 0.1) is 5.25 Å². The molecule has 2 heterocycles. The first-order valence-electron chi connectivity index (χ1n) is 6.60. The number of hydrogen-bond donors (Lipinski definition) is 2. The largest absolute Gasteiger partial charge is 0.409 e. The van der Waals surface area contributed by atoms with Gasteiger partial charge in [-0.05, 0) is 31.4 Å². The number of likely N-dealkylation sites (tertiary alicyclic amines) is 1. The second-order valence-corrected chi connectivity index (χ2v) is 6.31. The zero-order valence-electron chi connectivity index (χ0n) is 10.5. The fourth-order valence-corrected chi connectivity index (χ4v) is 3.92. The monoisotopic (exact) mass is 271 g/mol. The summed E-state index contributed by atoms with van der Waals surface area (Å²) >= 11 is 1.78. The van der Waals surface area contributed by atoms with Crippen LogP contribution in [0.3, 0.4) is 0 Å². The van der Waals surface area contributed by atoms with Crippen molar-refractivity contribution in [2.75, 3.05) is 18.8 Å². The predicted octanol–water partition coefficient (Wildman–Crippen LogP) is 1.26. The van der Waals surface area contributed by atoms with Crippen LogP contribution < -0.4 is 5.73 Å². The van der Waals surface area contributed by atoms with Crippen LogP contribution in [-0.4, -0.2) is 45.9 Å². The number of nitrogens with zero attached hydrogens (tertiary/aromatic N) is 2. The number of piperidine rings is 1. The smallest absolute Gasteiger partial charge is 0.235 e. The van der Waals surface area contributed by atoms with Crippen molar-refractivity contribution in [1.82, 2.24) is 4.90 Å². The number of nitrogens with two attached hydrogens (primary N) is 1. The Hall–Kier alpha value is -0.910. The van der Waals surface area contributed by atoms with Crippen LogP contribution >= 0.6 is 11.8 Å². The quantitative estimate of drug-likeness (QED) is 0.343. The molecule has 0 bridgehead atoms. The first-order chi connectivity index (χ1) is 8.72. The summed E-state index contributed by atoms with van der Waals surface area (Å²) in [5.41, 5.74) is 5.65. The van der Waals surface area contributed by atoms with Gasteiger partial charge in [0.2, 0.25) is 5.91 Å². The topological polar surface area (TPSA) is 78.9 Å². The van der Waals surface area contributed by atoms with Crippen molar-refractivity contribution in [1.29, 1.82) is 0 Å². The minimum Gasteiger partial charge on any atom is -0.409 e. The van der Waals surface area contributed by atoms with Crippen molar-refractivity contribution in [2.45, 2.75) is 37.4 Å². The Labute approximate surface area is 112 Å². The lowest BCUT2D eigenvalue weighted by atomic mass is 9.96. The molecular formula is C12H21N3O2S. The van der Waals surface area contributed by atoms with Crippen LogP contribution in [0.4, 0.5) is 0 Å². The summed E-state index contributed by atoms with van der Waals surface area (Å²) in [5, 5.41) is 11.9. The fraction of sp³-hybridized carbons (Fsp3) is 0.833. The summed E-state index contributed by atoms with van der Waals surface area (Å²) in [6.07, 6.45) is 5.21. The fourth-order valence-electron chi connectivity index (χ4n) is 2.64. The van der Waals surface area contributed by atoms with E-state index in [-0.39, 0.29) is 22.9 Å². The molecule has 18 heavy (non-hydrogen) atoms. The molecule has 2 rings (SSSR count). The number of hydrogen-bond acceptors (Lipinski definition) is 4. The number of carbonyl (C=O) groups excluding carboxylic acids is 1. The van der Waals surface area contributed by atoms with Crippen LogP contribution in [0.25, 0.3) is 0 Å². The Morgan fingerprint density at radius 1 is 1.33 bits per heavy atom. The lowest BCUT2D eigenvalue weighted by molar-refractivity contribution is -0.132. The van der Waals surface area contributed by atoms with Gasteiger partial charge in [-0.1, -0.05) is 11.6 Å². The van der Waals surface area contributed by atoms with Crippen LogP contribution in [0, 0.1) is 5.92 Å². The summed E-state index contributed by atoms with van der Waals surface area (Å²) in [7, 11) is 0. The van der Waals surface area contributed by atoms with E-state index in [2.05, 4.69) is 5.16 Å². The van der Waals surface area contributed by atoms with Crippen LogP contribution in [0.1, 0.15) is 32.1 Å². The van der Waals surface area contributed by atoms with E-state index in [1.165, 1.54) is 6.42 Å². The molecule has 2 aliphatic heterocycles. The summed E-state index contributed by atoms with van der Waals surface area (Å²) in [4.78, 5) is 14.3. The van der Waals surface area contributed by atoms with Crippen molar-refractivity contribution >= 4 is 23.5 Å². The second-order valence-electron chi connectivity index (χ2n) is 5.00. The van der Waals surface area contributed by atoms with Crippen LogP contribution in [0.5, 0.6) is 0 Å². The van der Waals surface area contributed by atoms with Crippen molar-refractivity contribution in [2.24, 2.45) is 16.8 Å². The van der Waals surface area contributed by atoms with Gasteiger partial charge in [0.15, 0.2) is 0 Å². The highest BCUT2D eigenvalue weighted by atomic mass is 32.2. The number of oxime groups is 1. The van der Waals surface area contributed by atoms with Gasteiger partial charge in [-0.25, -0.2) is 0 Å². The molecule has 2 fully saturated rings. The maximum Gasteiger partial charge on any atom is 0.235 e. The maximum absolute atomic E-state index is 12.4. The van der Waals surface area contributed by atoms with Crippen molar-refractivity contribution in [3.05, 3.63) is 0 Å². The molecule has 2 unspecified atom stereocenters. The molecule has 0 saturated carbocycles. The van der Waals surface area contributed by atoms with Gasteiger partial charge >= 0.3 is 0 Å². The highest BCUT2D eigenvalue weighted by Gasteiger charge is 2.31. The molecule has 0 spiro atoms. The molecule has 0 aromatic heterocycles. The van der Waals surface area contributed by atoms with Gasteiger partial charge < -0.3 is 15.8 Å². The molecule has 0 aromatic carbocycles. The number of amides is 1. The first-order valence-corrected chi connectivity index (χ1v) is 7.65. The van der Waals surface area contributed by atoms with Crippen molar-refractivity contribution < 1.29 is 10.0 Å². The molecular weight excluding hydrogens is 250 g/mol. The number of amidine groups is 1. The van der Waals surface area contributed by atoms with E-state index in [0.717, 1.165) is 38.0 Å². The minimum atomic E-state index is 0.0151. The van der Waals surface area contributed by atoms with Gasteiger partial charge in [-0.3, -0.25) is 4.79 Å². The maximum atomic E-state index is 12.4. The summed E-state index contributed by atoms with van der Waals surface area (Å²) in [6.45, 7) is 1.41. The van der Waals surface area contributed by atoms with Gasteiger partial charge in [0, 0.05) is 19.0 Å². The Morgan fingerprint density at radius 3 is 2.83 bits per heavy atom. The molecule has 5 nitrogen and oxygen atoms in total. The lowest BCUT2D eigenvalue weighted by Gasteiger charge is -2.35. The average molecular weight is 271 g/mol. The Balaban J connectivity index is 1.93. The molecule has 102 valence electrons.